The second-order valence-electron chi connectivity index (χ2n) is 4.38. The highest BCUT2D eigenvalue weighted by Gasteiger charge is 2.09. The Morgan fingerprint density at radius 3 is 2.60 bits per heavy atom. The SMILES string of the molecule is Nc1ccc(Cl)cc1Oc1ccc2ccccc2c1Br. The van der Waals surface area contributed by atoms with E-state index in [0.29, 0.717) is 22.2 Å². The predicted octanol–water partition coefficient (Wildman–Crippen LogP) is 5.63. The maximum Gasteiger partial charge on any atom is 0.151 e. The van der Waals surface area contributed by atoms with Gasteiger partial charge in [0.1, 0.15) is 5.75 Å². The van der Waals surface area contributed by atoms with Gasteiger partial charge in [-0.1, -0.05) is 41.9 Å². The van der Waals surface area contributed by atoms with Crippen LogP contribution in [0.25, 0.3) is 10.8 Å². The second kappa shape index (κ2) is 5.35. The van der Waals surface area contributed by atoms with E-state index in [-0.39, 0.29) is 0 Å². The molecule has 0 fully saturated rings. The van der Waals surface area contributed by atoms with Crippen molar-refractivity contribution < 1.29 is 4.74 Å². The number of ether oxygens (including phenoxy) is 1. The van der Waals surface area contributed by atoms with Crippen LogP contribution < -0.4 is 10.5 Å². The first-order valence-corrected chi connectivity index (χ1v) is 7.22. The molecular formula is C16H11BrClNO. The highest BCUT2D eigenvalue weighted by molar-refractivity contribution is 9.10. The van der Waals surface area contributed by atoms with E-state index in [1.54, 1.807) is 18.2 Å². The van der Waals surface area contributed by atoms with Crippen molar-refractivity contribution in [3.05, 3.63) is 64.1 Å². The molecule has 0 aliphatic carbocycles. The van der Waals surface area contributed by atoms with E-state index in [9.17, 15) is 0 Å². The summed E-state index contributed by atoms with van der Waals surface area (Å²) >= 11 is 9.55. The summed E-state index contributed by atoms with van der Waals surface area (Å²) in [6.45, 7) is 0. The molecule has 3 aromatic carbocycles. The molecule has 0 aromatic heterocycles. The van der Waals surface area contributed by atoms with Gasteiger partial charge in [0.05, 0.1) is 10.2 Å². The van der Waals surface area contributed by atoms with E-state index in [4.69, 9.17) is 22.1 Å². The van der Waals surface area contributed by atoms with Crippen molar-refractivity contribution in [3.8, 4) is 11.5 Å². The van der Waals surface area contributed by atoms with Crippen LogP contribution >= 0.6 is 27.5 Å². The minimum Gasteiger partial charge on any atom is -0.454 e. The Morgan fingerprint density at radius 1 is 0.950 bits per heavy atom. The number of benzene rings is 3. The molecule has 0 aliphatic heterocycles. The van der Waals surface area contributed by atoms with Gasteiger partial charge in [0.15, 0.2) is 5.75 Å². The van der Waals surface area contributed by atoms with Crippen LogP contribution in [0.2, 0.25) is 5.02 Å². The Hall–Kier alpha value is -1.71. The highest BCUT2D eigenvalue weighted by atomic mass is 79.9. The Kier molecular flexibility index (Phi) is 3.55. The highest BCUT2D eigenvalue weighted by Crippen LogP contribution is 2.38. The maximum absolute atomic E-state index is 5.97. The van der Waals surface area contributed by atoms with Crippen LogP contribution in [0.15, 0.2) is 59.1 Å². The Balaban J connectivity index is 2.07. The summed E-state index contributed by atoms with van der Waals surface area (Å²) in [5, 5.41) is 2.82. The van der Waals surface area contributed by atoms with Crippen molar-refractivity contribution >= 4 is 44.0 Å². The molecule has 2 nitrogen and oxygen atoms in total. The maximum atomic E-state index is 5.97. The van der Waals surface area contributed by atoms with E-state index < -0.39 is 0 Å². The molecule has 0 bridgehead atoms. The summed E-state index contributed by atoms with van der Waals surface area (Å²) in [7, 11) is 0. The average molecular weight is 349 g/mol. The van der Waals surface area contributed by atoms with Crippen LogP contribution in [-0.2, 0) is 0 Å². The molecular weight excluding hydrogens is 338 g/mol. The van der Waals surface area contributed by atoms with Crippen LogP contribution in [0.1, 0.15) is 0 Å². The molecule has 0 saturated carbocycles. The van der Waals surface area contributed by atoms with Crippen molar-refractivity contribution in [2.24, 2.45) is 0 Å². The number of hydrogen-bond acceptors (Lipinski definition) is 2. The summed E-state index contributed by atoms with van der Waals surface area (Å²) in [5.74, 6) is 1.26. The van der Waals surface area contributed by atoms with Crippen LogP contribution in [0.5, 0.6) is 11.5 Å². The van der Waals surface area contributed by atoms with Crippen molar-refractivity contribution in [3.63, 3.8) is 0 Å². The number of nitrogen functional groups attached to an aromatic ring is 1. The lowest BCUT2D eigenvalue weighted by Crippen LogP contribution is -1.92. The molecule has 20 heavy (non-hydrogen) atoms. The van der Waals surface area contributed by atoms with E-state index in [0.717, 1.165) is 15.2 Å². The van der Waals surface area contributed by atoms with Gasteiger partial charge in [0.25, 0.3) is 0 Å². The van der Waals surface area contributed by atoms with Crippen molar-refractivity contribution in [1.82, 2.24) is 0 Å². The smallest absolute Gasteiger partial charge is 0.151 e. The molecule has 0 unspecified atom stereocenters. The number of hydrogen-bond donors (Lipinski definition) is 1. The van der Waals surface area contributed by atoms with Gasteiger partial charge in [0.2, 0.25) is 0 Å². The normalized spacial score (nSPS) is 10.7. The topological polar surface area (TPSA) is 35.2 Å². The van der Waals surface area contributed by atoms with E-state index in [1.165, 1.54) is 0 Å². The molecule has 0 aliphatic rings. The molecule has 3 rings (SSSR count). The van der Waals surface area contributed by atoms with Gasteiger partial charge in [-0.2, -0.15) is 0 Å². The fourth-order valence-electron chi connectivity index (χ4n) is 2.01. The van der Waals surface area contributed by atoms with Gasteiger partial charge in [-0.05, 0) is 44.9 Å². The summed E-state index contributed by atoms with van der Waals surface area (Å²) in [6.07, 6.45) is 0. The number of nitrogens with two attached hydrogens (primary N) is 1. The third-order valence-electron chi connectivity index (χ3n) is 3.02. The summed E-state index contributed by atoms with van der Waals surface area (Å²) < 4.78 is 6.77. The van der Waals surface area contributed by atoms with E-state index in [1.807, 2.05) is 30.3 Å². The number of fused-ring (bicyclic) bond motifs is 1. The first kappa shape index (κ1) is 13.3. The van der Waals surface area contributed by atoms with Gasteiger partial charge < -0.3 is 10.5 Å². The molecule has 100 valence electrons. The zero-order chi connectivity index (χ0) is 14.1. The summed E-state index contributed by atoms with van der Waals surface area (Å²) in [4.78, 5) is 0. The number of halogens is 2. The molecule has 0 radical (unpaired) electrons. The lowest BCUT2D eigenvalue weighted by atomic mass is 10.1. The molecule has 2 N–H and O–H groups in total. The van der Waals surface area contributed by atoms with E-state index in [2.05, 4.69) is 22.0 Å². The lowest BCUT2D eigenvalue weighted by Gasteiger charge is -2.12. The quantitative estimate of drug-likeness (QED) is 0.609. The molecule has 0 heterocycles. The monoisotopic (exact) mass is 347 g/mol. The van der Waals surface area contributed by atoms with Crippen LogP contribution in [-0.4, -0.2) is 0 Å². The molecule has 0 saturated heterocycles. The van der Waals surface area contributed by atoms with E-state index >= 15 is 0 Å². The fraction of sp³-hybridized carbons (Fsp3) is 0. The minimum absolute atomic E-state index is 0.550. The Bertz CT molecular complexity index is 789. The fourth-order valence-corrected chi connectivity index (χ4v) is 2.74. The first-order chi connectivity index (χ1) is 9.65. The number of anilines is 1. The van der Waals surface area contributed by atoms with Crippen molar-refractivity contribution in [1.29, 1.82) is 0 Å². The van der Waals surface area contributed by atoms with Gasteiger partial charge in [-0.15, -0.1) is 0 Å². The Labute approximate surface area is 130 Å². The summed E-state index contributed by atoms with van der Waals surface area (Å²) in [6, 6.07) is 17.2. The van der Waals surface area contributed by atoms with Crippen LogP contribution in [0, 0.1) is 0 Å². The second-order valence-corrected chi connectivity index (χ2v) is 5.61. The van der Waals surface area contributed by atoms with Crippen molar-refractivity contribution in [2.45, 2.75) is 0 Å². The number of rotatable bonds is 2. The van der Waals surface area contributed by atoms with Gasteiger partial charge in [0, 0.05) is 11.1 Å². The zero-order valence-corrected chi connectivity index (χ0v) is 12.8. The Morgan fingerprint density at radius 2 is 1.75 bits per heavy atom. The van der Waals surface area contributed by atoms with Crippen LogP contribution in [0.4, 0.5) is 5.69 Å². The van der Waals surface area contributed by atoms with Gasteiger partial charge in [-0.25, -0.2) is 0 Å². The molecule has 0 atom stereocenters. The molecule has 3 aromatic rings. The third kappa shape index (κ3) is 2.47. The largest absolute Gasteiger partial charge is 0.454 e. The third-order valence-corrected chi connectivity index (χ3v) is 4.08. The van der Waals surface area contributed by atoms with Crippen LogP contribution in [0.3, 0.4) is 0 Å². The van der Waals surface area contributed by atoms with Crippen molar-refractivity contribution in [2.75, 3.05) is 5.73 Å². The first-order valence-electron chi connectivity index (χ1n) is 6.05. The minimum atomic E-state index is 0.550. The summed E-state index contributed by atoms with van der Waals surface area (Å²) in [5.41, 5.74) is 6.45. The average Bonchev–Trinajstić information content (AvgIpc) is 2.46. The molecule has 0 amide bonds. The standard InChI is InChI=1S/C16H11BrClNO/c17-16-12-4-2-1-3-10(12)5-8-14(16)20-15-9-11(18)6-7-13(15)19/h1-9H,19H2. The molecule has 0 spiro atoms. The predicted molar refractivity (Wildman–Crippen MR) is 87.6 cm³/mol. The lowest BCUT2D eigenvalue weighted by molar-refractivity contribution is 0.483. The van der Waals surface area contributed by atoms with Gasteiger partial charge >= 0.3 is 0 Å². The van der Waals surface area contributed by atoms with Gasteiger partial charge in [-0.3, -0.25) is 0 Å². The zero-order valence-electron chi connectivity index (χ0n) is 10.4. The molecule has 4 heteroatoms.